The van der Waals surface area contributed by atoms with Crippen molar-refractivity contribution in [3.63, 3.8) is 0 Å². The number of ether oxygens (including phenoxy) is 3. The van der Waals surface area contributed by atoms with Gasteiger partial charge in [-0.2, -0.15) is 0 Å². The molecule has 1 saturated carbocycles. The lowest BCUT2D eigenvalue weighted by Crippen LogP contribution is -2.35. The minimum absolute atomic E-state index is 0.0163. The Kier molecular flexibility index (Phi) is 4.32. The maximum atomic E-state index is 14.1. The number of carbonyl (C=O) groups excluding carboxylic acids is 3. The molecule has 3 fully saturated rings. The SMILES string of the molecule is COC(=O)c1cc(N2CCOC2=O)cc(N2C(=O)[C@@]3(CC34CCOCC4)c3ccccc32)c1. The van der Waals surface area contributed by atoms with Crippen molar-refractivity contribution in [2.45, 2.75) is 24.7 Å². The molecular formula is C25H24N2O6. The molecule has 0 N–H and O–H groups in total. The molecule has 3 heterocycles. The zero-order valence-corrected chi connectivity index (χ0v) is 18.3. The predicted molar refractivity (Wildman–Crippen MR) is 119 cm³/mol. The molecule has 2 spiro atoms. The summed E-state index contributed by atoms with van der Waals surface area (Å²) in [5.74, 6) is -0.518. The summed E-state index contributed by atoms with van der Waals surface area (Å²) in [7, 11) is 1.31. The van der Waals surface area contributed by atoms with E-state index in [1.165, 1.54) is 12.0 Å². The molecule has 6 rings (SSSR count). The Hall–Kier alpha value is -3.39. The fourth-order valence-electron chi connectivity index (χ4n) is 5.96. The molecule has 170 valence electrons. The Bertz CT molecular complexity index is 1190. The first-order valence-electron chi connectivity index (χ1n) is 11.2. The zero-order valence-electron chi connectivity index (χ0n) is 18.3. The Labute approximate surface area is 191 Å². The van der Waals surface area contributed by atoms with Crippen LogP contribution in [-0.2, 0) is 24.4 Å². The van der Waals surface area contributed by atoms with Gasteiger partial charge in [-0.3, -0.25) is 14.6 Å². The maximum absolute atomic E-state index is 14.1. The van der Waals surface area contributed by atoms with Gasteiger partial charge >= 0.3 is 12.1 Å². The highest BCUT2D eigenvalue weighted by Crippen LogP contribution is 2.74. The number of esters is 1. The van der Waals surface area contributed by atoms with Crippen molar-refractivity contribution in [2.24, 2.45) is 5.41 Å². The van der Waals surface area contributed by atoms with Gasteiger partial charge in [-0.25, -0.2) is 9.59 Å². The number of hydrogen-bond donors (Lipinski definition) is 0. The van der Waals surface area contributed by atoms with Gasteiger partial charge in [-0.15, -0.1) is 0 Å². The minimum Gasteiger partial charge on any atom is -0.465 e. The highest BCUT2D eigenvalue weighted by atomic mass is 16.6. The summed E-state index contributed by atoms with van der Waals surface area (Å²) < 4.78 is 15.6. The molecular weight excluding hydrogens is 424 g/mol. The van der Waals surface area contributed by atoms with Gasteiger partial charge in [0.2, 0.25) is 5.91 Å². The number of rotatable bonds is 3. The molecule has 4 aliphatic rings. The van der Waals surface area contributed by atoms with Crippen LogP contribution in [0.15, 0.2) is 42.5 Å². The van der Waals surface area contributed by atoms with E-state index in [0.29, 0.717) is 31.1 Å². The first-order valence-corrected chi connectivity index (χ1v) is 11.2. The van der Waals surface area contributed by atoms with E-state index < -0.39 is 17.5 Å². The number of carbonyl (C=O) groups is 3. The molecule has 2 aromatic rings. The van der Waals surface area contributed by atoms with Gasteiger partial charge < -0.3 is 14.2 Å². The molecule has 3 aliphatic heterocycles. The number of cyclic esters (lactones) is 1. The van der Waals surface area contributed by atoms with Crippen LogP contribution in [0, 0.1) is 5.41 Å². The van der Waals surface area contributed by atoms with Crippen molar-refractivity contribution in [3.8, 4) is 0 Å². The zero-order chi connectivity index (χ0) is 22.8. The van der Waals surface area contributed by atoms with E-state index in [-0.39, 0.29) is 23.5 Å². The van der Waals surface area contributed by atoms with Gasteiger partial charge in [0.25, 0.3) is 0 Å². The van der Waals surface area contributed by atoms with E-state index in [0.717, 1.165) is 30.5 Å². The smallest absolute Gasteiger partial charge is 0.414 e. The summed E-state index contributed by atoms with van der Waals surface area (Å²) in [4.78, 5) is 42.0. The monoisotopic (exact) mass is 448 g/mol. The summed E-state index contributed by atoms with van der Waals surface area (Å²) >= 11 is 0. The predicted octanol–water partition coefficient (Wildman–Crippen LogP) is 3.55. The average Bonchev–Trinajstić information content (AvgIpc) is 3.12. The number of benzene rings is 2. The molecule has 1 aliphatic carbocycles. The average molecular weight is 448 g/mol. The number of nitrogens with zero attached hydrogens (tertiary/aromatic N) is 2. The fraction of sp³-hybridized carbons (Fsp3) is 0.400. The lowest BCUT2D eigenvalue weighted by Gasteiger charge is -2.27. The van der Waals surface area contributed by atoms with Crippen molar-refractivity contribution < 1.29 is 28.6 Å². The van der Waals surface area contributed by atoms with E-state index in [1.807, 2.05) is 24.3 Å². The summed E-state index contributed by atoms with van der Waals surface area (Å²) in [5.41, 5.74) is 2.50. The van der Waals surface area contributed by atoms with Gasteiger partial charge in [-0.05, 0) is 54.5 Å². The summed E-state index contributed by atoms with van der Waals surface area (Å²) in [6.07, 6.45) is 2.04. The summed E-state index contributed by atoms with van der Waals surface area (Å²) in [5, 5.41) is 0. The van der Waals surface area contributed by atoms with Crippen molar-refractivity contribution in [3.05, 3.63) is 53.6 Å². The molecule has 0 unspecified atom stereocenters. The number of anilines is 3. The number of methoxy groups -OCH3 is 1. The van der Waals surface area contributed by atoms with Crippen LogP contribution in [0.5, 0.6) is 0 Å². The van der Waals surface area contributed by atoms with Gasteiger partial charge in [0.1, 0.15) is 6.61 Å². The molecule has 2 aromatic carbocycles. The van der Waals surface area contributed by atoms with Crippen LogP contribution in [0.3, 0.4) is 0 Å². The lowest BCUT2D eigenvalue weighted by molar-refractivity contribution is -0.121. The molecule has 0 radical (unpaired) electrons. The second kappa shape index (κ2) is 7.05. The number of para-hydroxylation sites is 1. The van der Waals surface area contributed by atoms with E-state index in [4.69, 9.17) is 14.2 Å². The molecule has 1 atom stereocenters. The third kappa shape index (κ3) is 2.70. The number of amides is 2. The molecule has 2 saturated heterocycles. The van der Waals surface area contributed by atoms with Crippen LogP contribution >= 0.6 is 0 Å². The normalized spacial score (nSPS) is 24.9. The topological polar surface area (TPSA) is 85.4 Å². The minimum atomic E-state index is -0.568. The van der Waals surface area contributed by atoms with Crippen molar-refractivity contribution in [1.29, 1.82) is 0 Å². The third-order valence-corrected chi connectivity index (χ3v) is 7.66. The molecule has 0 bridgehead atoms. The van der Waals surface area contributed by atoms with Crippen LogP contribution < -0.4 is 9.80 Å². The van der Waals surface area contributed by atoms with E-state index >= 15 is 0 Å². The van der Waals surface area contributed by atoms with Crippen LogP contribution in [0.25, 0.3) is 0 Å². The van der Waals surface area contributed by atoms with Gasteiger partial charge in [0.15, 0.2) is 0 Å². The molecule has 8 heteroatoms. The largest absolute Gasteiger partial charge is 0.465 e. The lowest BCUT2D eigenvalue weighted by atomic mass is 9.82. The second-order valence-corrected chi connectivity index (χ2v) is 9.13. The van der Waals surface area contributed by atoms with Crippen molar-refractivity contribution in [1.82, 2.24) is 0 Å². The quantitative estimate of drug-likeness (QED) is 0.668. The Balaban J connectivity index is 1.49. The molecule has 33 heavy (non-hydrogen) atoms. The van der Waals surface area contributed by atoms with Crippen LogP contribution in [0.1, 0.15) is 35.2 Å². The number of fused-ring (bicyclic) bond motifs is 3. The van der Waals surface area contributed by atoms with Crippen LogP contribution in [0.4, 0.5) is 21.9 Å². The fourth-order valence-corrected chi connectivity index (χ4v) is 5.96. The Morgan fingerprint density at radius 3 is 2.52 bits per heavy atom. The molecule has 8 nitrogen and oxygen atoms in total. The van der Waals surface area contributed by atoms with Crippen molar-refractivity contribution >= 4 is 35.0 Å². The van der Waals surface area contributed by atoms with Crippen LogP contribution in [0.2, 0.25) is 0 Å². The molecule has 0 aromatic heterocycles. The highest BCUT2D eigenvalue weighted by molar-refractivity contribution is 6.16. The molecule has 2 amide bonds. The maximum Gasteiger partial charge on any atom is 0.414 e. The highest BCUT2D eigenvalue weighted by Gasteiger charge is 2.76. The van der Waals surface area contributed by atoms with E-state index in [1.54, 1.807) is 23.1 Å². The van der Waals surface area contributed by atoms with E-state index in [2.05, 4.69) is 0 Å². The Morgan fingerprint density at radius 1 is 1.03 bits per heavy atom. The van der Waals surface area contributed by atoms with Gasteiger partial charge in [-0.1, -0.05) is 18.2 Å². The van der Waals surface area contributed by atoms with Gasteiger partial charge in [0.05, 0.1) is 41.7 Å². The first kappa shape index (κ1) is 20.2. The van der Waals surface area contributed by atoms with Crippen molar-refractivity contribution in [2.75, 3.05) is 43.3 Å². The van der Waals surface area contributed by atoms with Crippen LogP contribution in [-0.4, -0.2) is 51.4 Å². The second-order valence-electron chi connectivity index (χ2n) is 9.13. The van der Waals surface area contributed by atoms with Gasteiger partial charge in [0, 0.05) is 13.2 Å². The first-order chi connectivity index (χ1) is 16.0. The summed E-state index contributed by atoms with van der Waals surface area (Å²) in [6, 6.07) is 12.9. The Morgan fingerprint density at radius 2 is 1.79 bits per heavy atom. The third-order valence-electron chi connectivity index (χ3n) is 7.66. The summed E-state index contributed by atoms with van der Waals surface area (Å²) in [6.45, 7) is 1.97. The van der Waals surface area contributed by atoms with E-state index in [9.17, 15) is 14.4 Å². The number of hydrogen-bond acceptors (Lipinski definition) is 6. The standard InChI is InChI=1S/C25H24N2O6/c1-31-21(28)16-12-17(26-8-11-33-23(26)30)14-18(13-16)27-20-5-3-2-4-19(20)25(22(27)29)15-24(25)6-9-32-10-7-24/h2-5,12-14H,6-11,15H2,1H3/t25-/m1/s1.